The predicted octanol–water partition coefficient (Wildman–Crippen LogP) is 3.74. The van der Waals surface area contributed by atoms with Gasteiger partial charge in [0, 0.05) is 19.8 Å². The third-order valence-electron chi connectivity index (χ3n) is 5.84. The lowest BCUT2D eigenvalue weighted by Crippen LogP contribution is -2.63. The molecule has 18 heteroatoms. The molecule has 3 N–H and O–H groups in total. The van der Waals surface area contributed by atoms with Gasteiger partial charge in [-0.1, -0.05) is 11.6 Å². The molecule has 41 heavy (non-hydrogen) atoms. The van der Waals surface area contributed by atoms with Crippen molar-refractivity contribution in [1.82, 2.24) is 13.9 Å². The van der Waals surface area contributed by atoms with Crippen LogP contribution in [-0.4, -0.2) is 72.0 Å². The number of anilines is 3. The largest absolute Gasteiger partial charge is 0.490 e. The number of benzene rings is 2. The number of halogens is 6. The van der Waals surface area contributed by atoms with Gasteiger partial charge in [-0.15, -0.1) is 0 Å². The van der Waals surface area contributed by atoms with Crippen LogP contribution in [-0.2, 0) is 26.8 Å². The Bertz CT molecular complexity index is 1640. The van der Waals surface area contributed by atoms with Crippen LogP contribution in [0.4, 0.5) is 39.0 Å². The maximum Gasteiger partial charge on any atom is 0.490 e. The van der Waals surface area contributed by atoms with Gasteiger partial charge in [-0.3, -0.25) is 9.52 Å². The van der Waals surface area contributed by atoms with E-state index in [-0.39, 0.29) is 41.7 Å². The molecule has 0 aliphatic carbocycles. The van der Waals surface area contributed by atoms with Gasteiger partial charge in [0.1, 0.15) is 5.82 Å². The second kappa shape index (κ2) is 11.8. The van der Waals surface area contributed by atoms with E-state index in [1.165, 1.54) is 24.1 Å². The Hall–Kier alpha value is -3.54. The van der Waals surface area contributed by atoms with Crippen LogP contribution >= 0.6 is 11.6 Å². The highest BCUT2D eigenvalue weighted by Gasteiger charge is 2.49. The SMILES string of the molecule is COCC1(F)CN(S(=O)(=O)Nc2ccc(F)c(Nc3ccc4ncn(C)c(=O)c4c3C)c2Cl)C1.O=C(O)C(F)(F)F. The van der Waals surface area contributed by atoms with Crippen molar-refractivity contribution >= 4 is 55.7 Å². The number of carbonyl (C=O) groups is 1. The van der Waals surface area contributed by atoms with Gasteiger partial charge in [0.2, 0.25) is 0 Å². The molecule has 0 bridgehead atoms. The van der Waals surface area contributed by atoms with Gasteiger partial charge in [-0.25, -0.2) is 18.6 Å². The van der Waals surface area contributed by atoms with Gasteiger partial charge in [0.15, 0.2) is 5.67 Å². The molecule has 11 nitrogen and oxygen atoms in total. The number of aliphatic carboxylic acids is 1. The van der Waals surface area contributed by atoms with Crippen molar-refractivity contribution in [1.29, 1.82) is 0 Å². The summed E-state index contributed by atoms with van der Waals surface area (Å²) in [5.74, 6) is -3.49. The molecular weight excluding hydrogens is 605 g/mol. The number of carboxylic acids is 1. The van der Waals surface area contributed by atoms with Crippen molar-refractivity contribution in [3.05, 3.63) is 57.3 Å². The highest BCUT2D eigenvalue weighted by molar-refractivity contribution is 7.90. The van der Waals surface area contributed by atoms with Crippen LogP contribution in [0.25, 0.3) is 10.9 Å². The third-order valence-corrected chi connectivity index (χ3v) is 7.65. The van der Waals surface area contributed by atoms with Gasteiger partial charge in [-0.05, 0) is 36.8 Å². The van der Waals surface area contributed by atoms with Crippen molar-refractivity contribution in [3.63, 3.8) is 0 Å². The number of nitrogens with zero attached hydrogens (tertiary/aromatic N) is 3. The summed E-state index contributed by atoms with van der Waals surface area (Å²) >= 11 is 6.35. The van der Waals surface area contributed by atoms with E-state index in [0.29, 0.717) is 22.2 Å². The maximum absolute atomic E-state index is 14.7. The summed E-state index contributed by atoms with van der Waals surface area (Å²) in [7, 11) is -1.24. The van der Waals surface area contributed by atoms with E-state index in [0.717, 1.165) is 10.4 Å². The summed E-state index contributed by atoms with van der Waals surface area (Å²) in [4.78, 5) is 25.7. The first-order chi connectivity index (χ1) is 18.9. The molecule has 0 saturated carbocycles. The number of aromatic nitrogens is 2. The van der Waals surface area contributed by atoms with E-state index in [4.69, 9.17) is 26.2 Å². The number of hydrogen-bond donors (Lipinski definition) is 3. The Morgan fingerprint density at radius 1 is 1.22 bits per heavy atom. The number of alkyl halides is 4. The quantitative estimate of drug-likeness (QED) is 0.336. The zero-order chi connectivity index (χ0) is 30.9. The Balaban J connectivity index is 0.000000587. The topological polar surface area (TPSA) is 143 Å². The molecule has 0 atom stereocenters. The fraction of sp³-hybridized carbons (Fsp3) is 0.348. The number of nitrogens with one attached hydrogen (secondary N) is 2. The van der Waals surface area contributed by atoms with Crippen molar-refractivity contribution < 1.29 is 45.0 Å². The minimum atomic E-state index is -5.08. The lowest BCUT2D eigenvalue weighted by Gasteiger charge is -2.42. The zero-order valence-corrected chi connectivity index (χ0v) is 23.1. The molecule has 2 aromatic carbocycles. The Kier molecular flexibility index (Phi) is 9.17. The Morgan fingerprint density at radius 2 is 1.80 bits per heavy atom. The summed E-state index contributed by atoms with van der Waals surface area (Å²) < 4.78 is 95.3. The molecule has 1 aromatic heterocycles. The van der Waals surface area contributed by atoms with E-state index in [1.54, 1.807) is 26.1 Å². The van der Waals surface area contributed by atoms with E-state index in [2.05, 4.69) is 15.0 Å². The van der Waals surface area contributed by atoms with Gasteiger partial charge >= 0.3 is 22.4 Å². The highest BCUT2D eigenvalue weighted by Crippen LogP contribution is 2.38. The number of carboxylic acid groups (broad SMARTS) is 1. The fourth-order valence-electron chi connectivity index (χ4n) is 3.78. The van der Waals surface area contributed by atoms with Crippen molar-refractivity contribution in [2.75, 3.05) is 36.8 Å². The molecule has 2 heterocycles. The summed E-state index contributed by atoms with van der Waals surface area (Å²) in [6, 6.07) is 5.44. The van der Waals surface area contributed by atoms with Gasteiger partial charge < -0.3 is 19.7 Å². The molecule has 0 amide bonds. The lowest BCUT2D eigenvalue weighted by atomic mass is 10.0. The minimum absolute atomic E-state index is 0.0929. The van der Waals surface area contributed by atoms with E-state index >= 15 is 0 Å². The lowest BCUT2D eigenvalue weighted by molar-refractivity contribution is -0.192. The molecule has 1 fully saturated rings. The molecule has 4 rings (SSSR count). The maximum atomic E-state index is 14.7. The normalized spacial score (nSPS) is 15.0. The molecule has 3 aromatic rings. The summed E-state index contributed by atoms with van der Waals surface area (Å²) in [6.45, 7) is 0.700. The first-order valence-electron chi connectivity index (χ1n) is 11.4. The average Bonchev–Trinajstić information content (AvgIpc) is 2.85. The number of fused-ring (bicyclic) bond motifs is 1. The Labute approximate surface area is 234 Å². The molecule has 0 radical (unpaired) electrons. The third kappa shape index (κ3) is 7.03. The standard InChI is InChI=1S/C21H22ClF2N5O4S.C2HF3O2/c1-12-14(6-7-15-17(12)20(30)28(2)11-25-15)26-19-13(23)4-5-16(18(19)22)27-34(31,32)29-8-21(24,9-29)10-33-3;3-2(4,5)1(6)7/h4-7,11,26-27H,8-10H2,1-3H3;(H,6,7). The van der Waals surface area contributed by atoms with Crippen molar-refractivity contribution in [3.8, 4) is 0 Å². The highest BCUT2D eigenvalue weighted by atomic mass is 35.5. The average molecular weight is 628 g/mol. The number of hydrogen-bond acceptors (Lipinski definition) is 7. The molecular formula is C23H23ClF5N5O6S. The van der Waals surface area contributed by atoms with E-state index in [9.17, 15) is 35.2 Å². The molecule has 0 unspecified atom stereocenters. The van der Waals surface area contributed by atoms with Crippen LogP contribution in [0.5, 0.6) is 0 Å². The predicted molar refractivity (Wildman–Crippen MR) is 140 cm³/mol. The number of methoxy groups -OCH3 is 1. The number of aryl methyl sites for hydroxylation is 2. The van der Waals surface area contributed by atoms with Crippen molar-refractivity contribution in [2.45, 2.75) is 18.8 Å². The van der Waals surface area contributed by atoms with Crippen molar-refractivity contribution in [2.24, 2.45) is 7.05 Å². The molecule has 1 aliphatic rings. The second-order valence-corrected chi connectivity index (χ2v) is 11.0. The molecule has 1 aliphatic heterocycles. The number of rotatable bonds is 7. The molecule has 1 saturated heterocycles. The summed E-state index contributed by atoms with van der Waals surface area (Å²) in [5, 5.41) is 10.1. The van der Waals surface area contributed by atoms with E-state index in [1.807, 2.05) is 0 Å². The first-order valence-corrected chi connectivity index (χ1v) is 13.2. The second-order valence-electron chi connectivity index (χ2n) is 8.96. The van der Waals surface area contributed by atoms with Crippen LogP contribution in [0.15, 0.2) is 35.4 Å². The van der Waals surface area contributed by atoms with Gasteiger partial charge in [-0.2, -0.15) is 25.9 Å². The van der Waals surface area contributed by atoms with Crippen LogP contribution in [0.3, 0.4) is 0 Å². The molecule has 0 spiro atoms. The smallest absolute Gasteiger partial charge is 0.475 e. The van der Waals surface area contributed by atoms with Gasteiger partial charge in [0.05, 0.1) is 53.3 Å². The monoisotopic (exact) mass is 627 g/mol. The first kappa shape index (κ1) is 32.0. The summed E-state index contributed by atoms with van der Waals surface area (Å²) in [5.41, 5.74) is -0.925. The zero-order valence-electron chi connectivity index (χ0n) is 21.5. The van der Waals surface area contributed by atoms with Crippen LogP contribution in [0.2, 0.25) is 5.02 Å². The van der Waals surface area contributed by atoms with E-state index < -0.39 is 33.8 Å². The summed E-state index contributed by atoms with van der Waals surface area (Å²) in [6.07, 6.45) is -3.68. The number of ether oxygens (including phenoxy) is 1. The fourth-order valence-corrected chi connectivity index (χ4v) is 5.46. The Morgan fingerprint density at radius 3 is 2.37 bits per heavy atom. The van der Waals surface area contributed by atoms with Gasteiger partial charge in [0.25, 0.3) is 5.56 Å². The minimum Gasteiger partial charge on any atom is -0.475 e. The van der Waals surface area contributed by atoms with Crippen LogP contribution in [0.1, 0.15) is 5.56 Å². The van der Waals surface area contributed by atoms with Crippen LogP contribution in [0, 0.1) is 12.7 Å². The van der Waals surface area contributed by atoms with Crippen LogP contribution < -0.4 is 15.6 Å². The molecule has 224 valence electrons.